The number of benzene rings is 1. The molecule has 7 heteroatoms. The Morgan fingerprint density at radius 1 is 1.27 bits per heavy atom. The lowest BCUT2D eigenvalue weighted by atomic mass is 9.99. The fraction of sp³-hybridized carbons (Fsp3) is 0.421. The van der Waals surface area contributed by atoms with Gasteiger partial charge in [-0.2, -0.15) is 0 Å². The van der Waals surface area contributed by atoms with Crippen LogP contribution in [0.4, 0.5) is 0 Å². The number of phenolic OH excluding ortho intramolecular Hbond substituents is 1. The fourth-order valence-corrected chi connectivity index (χ4v) is 2.92. The number of methoxy groups -OCH3 is 1. The summed E-state index contributed by atoms with van der Waals surface area (Å²) in [5, 5.41) is 9.89. The SMILES string of the molecule is COc1cc(O)c(Cl)c2c1C(=O)O[C@@H](C)CCC(=O)CC/C=C/C(=O)C2. The number of hydrogen-bond acceptors (Lipinski definition) is 6. The predicted octanol–water partition coefficient (Wildman–Crippen LogP) is 3.41. The number of Topliss-reactive ketones (excluding diaryl/α,β-unsaturated/α-hetero) is 1. The number of halogens is 1. The van der Waals surface area contributed by atoms with Crippen LogP contribution in [0.2, 0.25) is 5.02 Å². The zero-order valence-electron chi connectivity index (χ0n) is 14.7. The average molecular weight is 381 g/mol. The van der Waals surface area contributed by atoms with Crippen molar-refractivity contribution in [3.8, 4) is 11.5 Å². The van der Waals surface area contributed by atoms with Crippen LogP contribution in [0.25, 0.3) is 0 Å². The molecule has 0 spiro atoms. The minimum Gasteiger partial charge on any atom is -0.506 e. The maximum atomic E-state index is 12.7. The molecule has 1 aliphatic rings. The lowest BCUT2D eigenvalue weighted by Gasteiger charge is -2.18. The van der Waals surface area contributed by atoms with Crippen LogP contribution in [-0.2, 0) is 20.7 Å². The molecule has 1 heterocycles. The fourth-order valence-electron chi connectivity index (χ4n) is 2.71. The number of cyclic esters (lactones) is 1. The van der Waals surface area contributed by atoms with Gasteiger partial charge in [-0.3, -0.25) is 9.59 Å². The molecule has 0 aromatic heterocycles. The quantitative estimate of drug-likeness (QED) is 0.751. The molecule has 26 heavy (non-hydrogen) atoms. The standard InChI is InChI=1S/C19H21ClO6/c1-11-7-8-12(21)5-3-4-6-13(22)9-14-17(19(24)26-11)16(25-2)10-15(23)18(14)20/h4,6,10-11,23H,3,5,7-9H2,1-2H3/b6-4+/t11-/m0/s1. The molecule has 140 valence electrons. The van der Waals surface area contributed by atoms with Gasteiger partial charge in [0.1, 0.15) is 22.8 Å². The molecule has 6 nitrogen and oxygen atoms in total. The van der Waals surface area contributed by atoms with Crippen molar-refractivity contribution < 1.29 is 29.0 Å². The minimum absolute atomic E-state index is 0.00675. The van der Waals surface area contributed by atoms with Crippen molar-refractivity contribution in [3.63, 3.8) is 0 Å². The van der Waals surface area contributed by atoms with Crippen molar-refractivity contribution in [2.75, 3.05) is 7.11 Å². The molecule has 0 aliphatic carbocycles. The molecule has 1 N–H and O–H groups in total. The van der Waals surface area contributed by atoms with E-state index in [9.17, 15) is 19.5 Å². The lowest BCUT2D eigenvalue weighted by molar-refractivity contribution is -0.119. The predicted molar refractivity (Wildman–Crippen MR) is 95.9 cm³/mol. The Hall–Kier alpha value is -2.34. The van der Waals surface area contributed by atoms with E-state index >= 15 is 0 Å². The van der Waals surface area contributed by atoms with E-state index < -0.39 is 12.1 Å². The molecule has 0 saturated carbocycles. The van der Waals surface area contributed by atoms with Gasteiger partial charge in [0, 0.05) is 30.9 Å². The zero-order valence-corrected chi connectivity index (χ0v) is 15.5. The topological polar surface area (TPSA) is 89.9 Å². The van der Waals surface area contributed by atoms with Crippen LogP contribution in [0.1, 0.15) is 48.5 Å². The number of carbonyl (C=O) groups excluding carboxylic acids is 3. The molecule has 0 fully saturated rings. The van der Waals surface area contributed by atoms with Gasteiger partial charge in [-0.1, -0.05) is 17.7 Å². The number of allylic oxidation sites excluding steroid dienone is 2. The summed E-state index contributed by atoms with van der Waals surface area (Å²) in [7, 11) is 1.34. The normalized spacial score (nSPS) is 20.7. The monoisotopic (exact) mass is 380 g/mol. The molecule has 0 saturated heterocycles. The summed E-state index contributed by atoms with van der Waals surface area (Å²) in [5.41, 5.74) is 0.163. The lowest BCUT2D eigenvalue weighted by Crippen LogP contribution is -2.19. The van der Waals surface area contributed by atoms with Crippen LogP contribution in [0, 0.1) is 0 Å². The van der Waals surface area contributed by atoms with E-state index in [1.807, 2.05) is 0 Å². The van der Waals surface area contributed by atoms with Crippen LogP contribution in [0.15, 0.2) is 18.2 Å². The van der Waals surface area contributed by atoms with E-state index in [1.54, 1.807) is 13.0 Å². The van der Waals surface area contributed by atoms with Crippen molar-refractivity contribution in [1.29, 1.82) is 0 Å². The van der Waals surface area contributed by atoms with Gasteiger partial charge in [-0.15, -0.1) is 0 Å². The molecule has 0 bridgehead atoms. The molecule has 1 aliphatic heterocycles. The van der Waals surface area contributed by atoms with Crippen LogP contribution in [0.5, 0.6) is 11.5 Å². The van der Waals surface area contributed by atoms with Gasteiger partial charge in [0.2, 0.25) is 0 Å². The number of rotatable bonds is 1. The van der Waals surface area contributed by atoms with E-state index in [2.05, 4.69) is 0 Å². The summed E-state index contributed by atoms with van der Waals surface area (Å²) in [6.45, 7) is 1.69. The summed E-state index contributed by atoms with van der Waals surface area (Å²) in [6.07, 6.45) is 3.76. The van der Waals surface area contributed by atoms with E-state index in [-0.39, 0.29) is 52.1 Å². The smallest absolute Gasteiger partial charge is 0.342 e. The van der Waals surface area contributed by atoms with Crippen molar-refractivity contribution in [2.24, 2.45) is 0 Å². The Balaban J connectivity index is 2.50. The first kappa shape index (κ1) is 20.0. The van der Waals surface area contributed by atoms with Crippen LogP contribution in [-0.4, -0.2) is 35.9 Å². The highest BCUT2D eigenvalue weighted by Gasteiger charge is 2.26. The highest BCUT2D eigenvalue weighted by molar-refractivity contribution is 6.33. The average Bonchev–Trinajstić information content (AvgIpc) is 2.59. The second-order valence-corrected chi connectivity index (χ2v) is 6.52. The van der Waals surface area contributed by atoms with Crippen molar-refractivity contribution in [2.45, 2.75) is 45.1 Å². The first-order valence-corrected chi connectivity index (χ1v) is 8.71. The molecule has 1 aromatic rings. The molecule has 0 unspecified atom stereocenters. The van der Waals surface area contributed by atoms with E-state index in [0.717, 1.165) is 0 Å². The van der Waals surface area contributed by atoms with Crippen molar-refractivity contribution in [1.82, 2.24) is 0 Å². The Labute approximate surface area is 156 Å². The Morgan fingerprint density at radius 3 is 2.69 bits per heavy atom. The summed E-state index contributed by atoms with van der Waals surface area (Å²) >= 11 is 6.14. The highest BCUT2D eigenvalue weighted by atomic mass is 35.5. The molecular formula is C19H21ClO6. The maximum absolute atomic E-state index is 12.7. The van der Waals surface area contributed by atoms with Gasteiger partial charge in [-0.25, -0.2) is 4.79 Å². The third-order valence-corrected chi connectivity index (χ3v) is 4.53. The summed E-state index contributed by atoms with van der Waals surface area (Å²) in [5.74, 6) is -1.20. The Morgan fingerprint density at radius 2 is 2.00 bits per heavy atom. The zero-order chi connectivity index (χ0) is 19.3. The number of esters is 1. The number of fused-ring (bicyclic) bond motifs is 1. The maximum Gasteiger partial charge on any atom is 0.342 e. The van der Waals surface area contributed by atoms with E-state index in [1.165, 1.54) is 19.3 Å². The molecule has 1 aromatic carbocycles. The van der Waals surface area contributed by atoms with Gasteiger partial charge >= 0.3 is 5.97 Å². The van der Waals surface area contributed by atoms with Crippen molar-refractivity contribution in [3.05, 3.63) is 34.4 Å². The largest absolute Gasteiger partial charge is 0.506 e. The first-order chi connectivity index (χ1) is 12.3. The second-order valence-electron chi connectivity index (χ2n) is 6.14. The third kappa shape index (κ3) is 4.85. The number of aromatic hydroxyl groups is 1. The summed E-state index contributed by atoms with van der Waals surface area (Å²) < 4.78 is 10.6. The number of carbonyl (C=O) groups is 3. The number of ketones is 2. The summed E-state index contributed by atoms with van der Waals surface area (Å²) in [4.78, 5) is 36.7. The van der Waals surface area contributed by atoms with Gasteiger partial charge < -0.3 is 14.6 Å². The van der Waals surface area contributed by atoms with Crippen LogP contribution < -0.4 is 4.74 Å². The highest BCUT2D eigenvalue weighted by Crippen LogP contribution is 2.37. The molecule has 0 radical (unpaired) electrons. The second kappa shape index (κ2) is 8.85. The van der Waals surface area contributed by atoms with Gasteiger partial charge in [0.25, 0.3) is 0 Å². The number of ether oxygens (including phenoxy) is 2. The van der Waals surface area contributed by atoms with Crippen LogP contribution >= 0.6 is 11.6 Å². The molecular weight excluding hydrogens is 360 g/mol. The van der Waals surface area contributed by atoms with Crippen molar-refractivity contribution >= 4 is 29.1 Å². The molecule has 2 rings (SSSR count). The van der Waals surface area contributed by atoms with Gasteiger partial charge in [0.15, 0.2) is 5.78 Å². The van der Waals surface area contributed by atoms with Gasteiger partial charge in [0.05, 0.1) is 18.2 Å². The number of hydrogen-bond donors (Lipinski definition) is 1. The van der Waals surface area contributed by atoms with Gasteiger partial charge in [-0.05, 0) is 25.8 Å². The van der Waals surface area contributed by atoms with E-state index in [4.69, 9.17) is 21.1 Å². The minimum atomic E-state index is -0.715. The number of phenols is 1. The Bertz CT molecular complexity index is 753. The first-order valence-electron chi connectivity index (χ1n) is 8.33. The third-order valence-electron chi connectivity index (χ3n) is 4.11. The summed E-state index contributed by atoms with van der Waals surface area (Å²) in [6, 6.07) is 1.21. The molecule has 1 atom stereocenters. The van der Waals surface area contributed by atoms with Crippen LogP contribution in [0.3, 0.4) is 0 Å². The molecule has 0 amide bonds. The Kier molecular flexibility index (Phi) is 6.80. The van der Waals surface area contributed by atoms with E-state index in [0.29, 0.717) is 19.3 Å².